The SMILES string of the molecule is O=C1CCCC2=C1C(/C=C/c1ccccc1)CC(=O)N2c1ccccc1Br. The molecule has 0 saturated heterocycles. The molecule has 0 spiro atoms. The van der Waals surface area contributed by atoms with Crippen LogP contribution in [0.1, 0.15) is 31.2 Å². The number of rotatable bonds is 3. The summed E-state index contributed by atoms with van der Waals surface area (Å²) in [5.74, 6) is 0.0563. The molecule has 1 aliphatic carbocycles. The smallest absolute Gasteiger partial charge is 0.232 e. The van der Waals surface area contributed by atoms with Gasteiger partial charge in [0.25, 0.3) is 0 Å². The first-order valence-electron chi connectivity index (χ1n) is 9.22. The minimum Gasteiger partial charge on any atom is -0.294 e. The molecule has 1 aliphatic heterocycles. The molecule has 2 aromatic rings. The Labute approximate surface area is 167 Å². The predicted octanol–water partition coefficient (Wildman–Crippen LogP) is 5.52. The van der Waals surface area contributed by atoms with Crippen LogP contribution in [0.5, 0.6) is 0 Å². The van der Waals surface area contributed by atoms with Gasteiger partial charge in [-0.2, -0.15) is 0 Å². The fourth-order valence-electron chi connectivity index (χ4n) is 3.90. The van der Waals surface area contributed by atoms with Crippen molar-refractivity contribution in [3.63, 3.8) is 0 Å². The molecular weight excluding hydrogens is 402 g/mol. The number of amides is 1. The topological polar surface area (TPSA) is 37.4 Å². The highest BCUT2D eigenvalue weighted by Crippen LogP contribution is 2.41. The number of benzene rings is 2. The summed E-state index contributed by atoms with van der Waals surface area (Å²) in [5.41, 5.74) is 3.57. The van der Waals surface area contributed by atoms with Crippen molar-refractivity contribution in [2.45, 2.75) is 25.7 Å². The number of ketones is 1. The third-order valence-electron chi connectivity index (χ3n) is 5.13. The standard InChI is InChI=1S/C23H20BrNO2/c24-18-9-4-5-10-19(18)25-20-11-6-12-21(26)23(20)17(15-22(25)27)14-13-16-7-2-1-3-8-16/h1-5,7-10,13-14,17H,6,11-12,15H2/b14-13+. The molecule has 1 amide bonds. The molecule has 1 unspecified atom stereocenters. The van der Waals surface area contributed by atoms with Gasteiger partial charge >= 0.3 is 0 Å². The summed E-state index contributed by atoms with van der Waals surface area (Å²) < 4.78 is 0.863. The van der Waals surface area contributed by atoms with E-state index in [9.17, 15) is 9.59 Å². The van der Waals surface area contributed by atoms with Crippen LogP contribution >= 0.6 is 15.9 Å². The maximum absolute atomic E-state index is 13.1. The van der Waals surface area contributed by atoms with E-state index < -0.39 is 0 Å². The Hall–Kier alpha value is -2.46. The van der Waals surface area contributed by atoms with E-state index in [1.807, 2.05) is 66.7 Å². The van der Waals surface area contributed by atoms with Gasteiger partial charge in [-0.05, 0) is 46.5 Å². The van der Waals surface area contributed by atoms with Gasteiger partial charge in [0.05, 0.1) is 5.69 Å². The number of anilines is 1. The van der Waals surface area contributed by atoms with E-state index in [0.717, 1.165) is 39.8 Å². The summed E-state index contributed by atoms with van der Waals surface area (Å²) in [6.45, 7) is 0. The number of hydrogen-bond acceptors (Lipinski definition) is 2. The first-order valence-corrected chi connectivity index (χ1v) is 10.0. The Morgan fingerprint density at radius 2 is 1.70 bits per heavy atom. The summed E-state index contributed by atoms with van der Waals surface area (Å²) in [6.07, 6.45) is 6.45. The Balaban J connectivity index is 1.77. The highest BCUT2D eigenvalue weighted by molar-refractivity contribution is 9.10. The van der Waals surface area contributed by atoms with Crippen molar-refractivity contribution in [1.82, 2.24) is 0 Å². The van der Waals surface area contributed by atoms with E-state index in [-0.39, 0.29) is 17.6 Å². The number of hydrogen-bond donors (Lipinski definition) is 0. The van der Waals surface area contributed by atoms with Crippen molar-refractivity contribution in [3.8, 4) is 0 Å². The van der Waals surface area contributed by atoms with Gasteiger partial charge in [-0.15, -0.1) is 0 Å². The number of nitrogens with zero attached hydrogens (tertiary/aromatic N) is 1. The van der Waals surface area contributed by atoms with E-state index in [0.29, 0.717) is 12.8 Å². The average Bonchev–Trinajstić information content (AvgIpc) is 2.68. The zero-order valence-electron chi connectivity index (χ0n) is 14.9. The number of halogens is 1. The second-order valence-electron chi connectivity index (χ2n) is 6.90. The molecule has 1 atom stereocenters. The predicted molar refractivity (Wildman–Crippen MR) is 111 cm³/mol. The molecule has 0 saturated carbocycles. The lowest BCUT2D eigenvalue weighted by Crippen LogP contribution is -2.41. The first kappa shape index (κ1) is 17.9. The van der Waals surface area contributed by atoms with Gasteiger partial charge in [0, 0.05) is 34.5 Å². The number of Topliss-reactive ketones (excluding diaryl/α,β-unsaturated/α-hetero) is 1. The number of carbonyl (C=O) groups is 2. The van der Waals surface area contributed by atoms with Crippen LogP contribution in [0.15, 0.2) is 76.4 Å². The second kappa shape index (κ2) is 7.65. The monoisotopic (exact) mass is 421 g/mol. The van der Waals surface area contributed by atoms with Gasteiger partial charge in [0.15, 0.2) is 5.78 Å². The zero-order valence-corrected chi connectivity index (χ0v) is 16.5. The van der Waals surface area contributed by atoms with Crippen LogP contribution in [0.2, 0.25) is 0 Å². The Morgan fingerprint density at radius 1 is 0.963 bits per heavy atom. The molecule has 2 aromatic carbocycles. The molecule has 4 rings (SSSR count). The van der Waals surface area contributed by atoms with Gasteiger partial charge in [0.2, 0.25) is 5.91 Å². The second-order valence-corrected chi connectivity index (χ2v) is 7.75. The molecule has 136 valence electrons. The molecule has 4 heteroatoms. The Kier molecular flexibility index (Phi) is 5.08. The number of para-hydroxylation sites is 1. The fraction of sp³-hybridized carbons (Fsp3) is 0.217. The Morgan fingerprint density at radius 3 is 2.48 bits per heavy atom. The van der Waals surface area contributed by atoms with Gasteiger partial charge in [0.1, 0.15) is 0 Å². The molecule has 0 N–H and O–H groups in total. The van der Waals surface area contributed by atoms with Gasteiger partial charge < -0.3 is 0 Å². The number of allylic oxidation sites excluding steroid dienone is 3. The van der Waals surface area contributed by atoms with Crippen LogP contribution in [0.3, 0.4) is 0 Å². The third-order valence-corrected chi connectivity index (χ3v) is 5.80. The largest absolute Gasteiger partial charge is 0.294 e. The van der Waals surface area contributed by atoms with Crippen LogP contribution in [0, 0.1) is 5.92 Å². The maximum atomic E-state index is 13.1. The molecule has 1 heterocycles. The summed E-state index contributed by atoms with van der Waals surface area (Å²) in [7, 11) is 0. The molecule has 0 bridgehead atoms. The van der Waals surface area contributed by atoms with Gasteiger partial charge in [-0.3, -0.25) is 14.5 Å². The summed E-state index contributed by atoms with van der Waals surface area (Å²) in [5, 5.41) is 0. The van der Waals surface area contributed by atoms with Crippen molar-refractivity contribution >= 4 is 39.4 Å². The van der Waals surface area contributed by atoms with Gasteiger partial charge in [-0.25, -0.2) is 0 Å². The average molecular weight is 422 g/mol. The lowest BCUT2D eigenvalue weighted by molar-refractivity contribution is -0.120. The quantitative estimate of drug-likeness (QED) is 0.653. The van der Waals surface area contributed by atoms with Crippen molar-refractivity contribution < 1.29 is 9.59 Å². The lowest BCUT2D eigenvalue weighted by atomic mass is 9.80. The van der Waals surface area contributed by atoms with E-state index in [2.05, 4.69) is 15.9 Å². The molecule has 0 fully saturated rings. The van der Waals surface area contributed by atoms with E-state index in [1.165, 1.54) is 0 Å². The molecule has 0 radical (unpaired) electrons. The van der Waals surface area contributed by atoms with E-state index >= 15 is 0 Å². The molecular formula is C23H20BrNO2. The molecule has 3 nitrogen and oxygen atoms in total. The van der Waals surface area contributed by atoms with Crippen molar-refractivity contribution in [2.24, 2.45) is 5.92 Å². The fourth-order valence-corrected chi connectivity index (χ4v) is 4.36. The van der Waals surface area contributed by atoms with Crippen molar-refractivity contribution in [2.75, 3.05) is 4.90 Å². The van der Waals surface area contributed by atoms with Crippen LogP contribution in [0.25, 0.3) is 6.08 Å². The van der Waals surface area contributed by atoms with E-state index in [1.54, 1.807) is 4.90 Å². The Bertz CT molecular complexity index is 946. The van der Waals surface area contributed by atoms with Crippen LogP contribution < -0.4 is 4.90 Å². The van der Waals surface area contributed by atoms with Gasteiger partial charge in [-0.1, -0.05) is 54.6 Å². The molecule has 0 aromatic heterocycles. The number of carbonyl (C=O) groups excluding carboxylic acids is 2. The van der Waals surface area contributed by atoms with Crippen LogP contribution in [-0.4, -0.2) is 11.7 Å². The normalized spacial score (nSPS) is 20.3. The molecule has 27 heavy (non-hydrogen) atoms. The van der Waals surface area contributed by atoms with Crippen molar-refractivity contribution in [1.29, 1.82) is 0 Å². The maximum Gasteiger partial charge on any atom is 0.232 e. The lowest BCUT2D eigenvalue weighted by Gasteiger charge is -2.37. The minimum atomic E-state index is -0.153. The minimum absolute atomic E-state index is 0.0399. The highest BCUT2D eigenvalue weighted by atomic mass is 79.9. The van der Waals surface area contributed by atoms with Crippen LogP contribution in [0.4, 0.5) is 5.69 Å². The zero-order chi connectivity index (χ0) is 18.8. The molecule has 2 aliphatic rings. The van der Waals surface area contributed by atoms with Crippen molar-refractivity contribution in [3.05, 3.63) is 82.0 Å². The van der Waals surface area contributed by atoms with Crippen LogP contribution in [-0.2, 0) is 9.59 Å². The summed E-state index contributed by atoms with van der Waals surface area (Å²) >= 11 is 3.55. The summed E-state index contributed by atoms with van der Waals surface area (Å²) in [6, 6.07) is 17.7. The highest BCUT2D eigenvalue weighted by Gasteiger charge is 2.38. The summed E-state index contributed by atoms with van der Waals surface area (Å²) in [4.78, 5) is 27.6. The van der Waals surface area contributed by atoms with E-state index in [4.69, 9.17) is 0 Å². The third kappa shape index (κ3) is 3.54. The first-order chi connectivity index (χ1) is 13.1.